The zero-order valence-corrected chi connectivity index (χ0v) is 10.8. The normalized spacial score (nSPS) is 39.7. The number of rotatable bonds is 3. The molecule has 0 saturated heterocycles. The summed E-state index contributed by atoms with van der Waals surface area (Å²) in [4.78, 5) is 11.9. The largest absolute Gasteiger partial charge is 0.480 e. The second-order valence-corrected chi connectivity index (χ2v) is 6.53. The van der Waals surface area contributed by atoms with Gasteiger partial charge < -0.3 is 5.11 Å². The van der Waals surface area contributed by atoms with E-state index in [0.717, 1.165) is 17.7 Å². The van der Waals surface area contributed by atoms with E-state index in [2.05, 4.69) is 15.4 Å². The SMILES string of the molecule is O=C(O)Cn1nnc(C2C3CC4CC(C3)CC2C4)n1. The van der Waals surface area contributed by atoms with Gasteiger partial charge in [0.05, 0.1) is 0 Å². The summed E-state index contributed by atoms with van der Waals surface area (Å²) in [7, 11) is 0. The maximum Gasteiger partial charge on any atom is 0.327 e. The fourth-order valence-corrected chi connectivity index (χ4v) is 4.92. The van der Waals surface area contributed by atoms with Crippen molar-refractivity contribution >= 4 is 5.97 Å². The van der Waals surface area contributed by atoms with Crippen LogP contribution in [0.15, 0.2) is 0 Å². The minimum atomic E-state index is -0.922. The summed E-state index contributed by atoms with van der Waals surface area (Å²) < 4.78 is 0. The molecule has 1 aromatic rings. The molecule has 4 saturated carbocycles. The van der Waals surface area contributed by atoms with Crippen molar-refractivity contribution in [2.75, 3.05) is 0 Å². The van der Waals surface area contributed by atoms with Crippen LogP contribution in [0.3, 0.4) is 0 Å². The van der Waals surface area contributed by atoms with Crippen LogP contribution in [-0.4, -0.2) is 31.3 Å². The third-order valence-electron chi connectivity index (χ3n) is 5.27. The minimum Gasteiger partial charge on any atom is -0.480 e. The zero-order valence-electron chi connectivity index (χ0n) is 10.8. The van der Waals surface area contributed by atoms with Gasteiger partial charge in [0.2, 0.25) is 0 Å². The van der Waals surface area contributed by atoms with Crippen LogP contribution in [0.5, 0.6) is 0 Å². The molecular formula is C13H18N4O2. The molecule has 0 amide bonds. The second-order valence-electron chi connectivity index (χ2n) is 6.53. The molecule has 0 aliphatic heterocycles. The highest BCUT2D eigenvalue weighted by atomic mass is 16.4. The van der Waals surface area contributed by atoms with Crippen LogP contribution in [0.2, 0.25) is 0 Å². The smallest absolute Gasteiger partial charge is 0.327 e. The summed E-state index contributed by atoms with van der Waals surface area (Å²) in [5.41, 5.74) is 0. The first kappa shape index (κ1) is 11.4. The molecule has 0 atom stereocenters. The van der Waals surface area contributed by atoms with Gasteiger partial charge in [-0.05, 0) is 61.0 Å². The van der Waals surface area contributed by atoms with Gasteiger partial charge in [-0.3, -0.25) is 4.79 Å². The van der Waals surface area contributed by atoms with Crippen molar-refractivity contribution < 1.29 is 9.90 Å². The van der Waals surface area contributed by atoms with E-state index >= 15 is 0 Å². The van der Waals surface area contributed by atoms with Gasteiger partial charge in [0, 0.05) is 5.92 Å². The number of hydrogen-bond acceptors (Lipinski definition) is 4. The van der Waals surface area contributed by atoms with Gasteiger partial charge in [-0.2, -0.15) is 4.80 Å². The number of carboxylic acid groups (broad SMARTS) is 1. The van der Waals surface area contributed by atoms with Crippen molar-refractivity contribution in [2.24, 2.45) is 23.7 Å². The lowest BCUT2D eigenvalue weighted by atomic mass is 9.52. The van der Waals surface area contributed by atoms with Crippen LogP contribution < -0.4 is 0 Å². The number of hydrogen-bond donors (Lipinski definition) is 1. The Bertz CT molecular complexity index is 484. The predicted molar refractivity (Wildman–Crippen MR) is 65.2 cm³/mol. The molecule has 6 heteroatoms. The Balaban J connectivity index is 1.58. The highest BCUT2D eigenvalue weighted by molar-refractivity contribution is 5.66. The van der Waals surface area contributed by atoms with Crippen molar-refractivity contribution in [1.29, 1.82) is 0 Å². The highest BCUT2D eigenvalue weighted by Crippen LogP contribution is 2.59. The quantitative estimate of drug-likeness (QED) is 0.888. The number of aliphatic carboxylic acids is 1. The summed E-state index contributed by atoms with van der Waals surface area (Å²) in [6, 6.07) is 0. The summed E-state index contributed by atoms with van der Waals surface area (Å²) >= 11 is 0. The van der Waals surface area contributed by atoms with E-state index in [4.69, 9.17) is 5.11 Å². The van der Waals surface area contributed by atoms with Gasteiger partial charge in [-0.15, -0.1) is 10.2 Å². The Kier molecular flexibility index (Phi) is 2.40. The first-order valence-electron chi connectivity index (χ1n) is 7.18. The average Bonchev–Trinajstić information content (AvgIpc) is 2.75. The monoisotopic (exact) mass is 262 g/mol. The molecule has 0 spiro atoms. The lowest BCUT2D eigenvalue weighted by Crippen LogP contribution is -2.44. The van der Waals surface area contributed by atoms with Crippen LogP contribution >= 0.6 is 0 Å². The van der Waals surface area contributed by atoms with Gasteiger partial charge in [-0.25, -0.2) is 0 Å². The lowest BCUT2D eigenvalue weighted by molar-refractivity contribution is -0.138. The van der Waals surface area contributed by atoms with E-state index in [9.17, 15) is 4.79 Å². The van der Waals surface area contributed by atoms with E-state index in [1.54, 1.807) is 0 Å². The van der Waals surface area contributed by atoms with Crippen LogP contribution in [-0.2, 0) is 11.3 Å². The van der Waals surface area contributed by atoms with Crippen molar-refractivity contribution in [3.05, 3.63) is 5.82 Å². The molecule has 0 unspecified atom stereocenters. The summed E-state index contributed by atoms with van der Waals surface area (Å²) in [5.74, 6) is 3.55. The van der Waals surface area contributed by atoms with Crippen molar-refractivity contribution in [1.82, 2.24) is 20.2 Å². The molecular weight excluding hydrogens is 244 g/mol. The molecule has 5 rings (SSSR count). The average molecular weight is 262 g/mol. The van der Waals surface area contributed by atoms with Gasteiger partial charge in [0.15, 0.2) is 12.4 Å². The summed E-state index contributed by atoms with van der Waals surface area (Å²) in [5, 5.41) is 21.1. The molecule has 4 aliphatic carbocycles. The van der Waals surface area contributed by atoms with Crippen molar-refractivity contribution in [3.63, 3.8) is 0 Å². The lowest BCUT2D eigenvalue weighted by Gasteiger charge is -2.53. The van der Waals surface area contributed by atoms with Crippen LogP contribution in [0.1, 0.15) is 43.8 Å². The number of tetrazole rings is 1. The second kappa shape index (κ2) is 4.02. The number of carbonyl (C=O) groups is 1. The molecule has 1 N–H and O–H groups in total. The Morgan fingerprint density at radius 3 is 2.37 bits per heavy atom. The Morgan fingerprint density at radius 2 is 1.79 bits per heavy atom. The Morgan fingerprint density at radius 1 is 1.16 bits per heavy atom. The number of carboxylic acids is 1. The van der Waals surface area contributed by atoms with E-state index in [1.165, 1.54) is 36.9 Å². The first-order valence-corrected chi connectivity index (χ1v) is 7.18. The fraction of sp³-hybridized carbons (Fsp3) is 0.846. The molecule has 4 aliphatic rings. The van der Waals surface area contributed by atoms with E-state index in [1.807, 2.05) is 0 Å². The number of nitrogens with zero attached hydrogens (tertiary/aromatic N) is 4. The highest BCUT2D eigenvalue weighted by Gasteiger charge is 2.50. The molecule has 1 heterocycles. The third-order valence-corrected chi connectivity index (χ3v) is 5.27. The van der Waals surface area contributed by atoms with E-state index in [-0.39, 0.29) is 6.54 Å². The van der Waals surface area contributed by atoms with Crippen LogP contribution in [0, 0.1) is 23.7 Å². The summed E-state index contributed by atoms with van der Waals surface area (Å²) in [6.45, 7) is -0.194. The zero-order chi connectivity index (χ0) is 13.0. The van der Waals surface area contributed by atoms with E-state index in [0.29, 0.717) is 17.8 Å². The topological polar surface area (TPSA) is 80.9 Å². The van der Waals surface area contributed by atoms with Gasteiger partial charge >= 0.3 is 5.97 Å². The Hall–Kier alpha value is -1.46. The maximum absolute atomic E-state index is 10.7. The van der Waals surface area contributed by atoms with Gasteiger partial charge in [0.25, 0.3) is 0 Å². The van der Waals surface area contributed by atoms with Gasteiger partial charge in [-0.1, -0.05) is 0 Å². The molecule has 4 bridgehead atoms. The van der Waals surface area contributed by atoms with Crippen molar-refractivity contribution in [2.45, 2.75) is 44.6 Å². The predicted octanol–water partition coefficient (Wildman–Crippen LogP) is 1.30. The first-order chi connectivity index (χ1) is 9.19. The van der Waals surface area contributed by atoms with Crippen molar-refractivity contribution in [3.8, 4) is 0 Å². The molecule has 4 fully saturated rings. The molecule has 102 valence electrons. The maximum atomic E-state index is 10.7. The molecule has 0 radical (unpaired) electrons. The van der Waals surface area contributed by atoms with Crippen LogP contribution in [0.4, 0.5) is 0 Å². The summed E-state index contributed by atoms with van der Waals surface area (Å²) in [6.07, 6.45) is 6.67. The number of aromatic nitrogens is 4. The van der Waals surface area contributed by atoms with Crippen LogP contribution in [0.25, 0.3) is 0 Å². The fourth-order valence-electron chi connectivity index (χ4n) is 4.92. The standard InChI is InChI=1S/C13H18N4O2/c18-11(19)6-17-15-13(14-16-17)12-9-2-7-1-8(4-9)5-10(12)3-7/h7-10,12H,1-6H2,(H,18,19). The molecule has 19 heavy (non-hydrogen) atoms. The minimum absolute atomic E-state index is 0.194. The third kappa shape index (κ3) is 1.84. The molecule has 6 nitrogen and oxygen atoms in total. The molecule has 1 aromatic heterocycles. The Labute approximate surface area is 111 Å². The van der Waals surface area contributed by atoms with E-state index < -0.39 is 5.97 Å². The molecule has 0 aromatic carbocycles. The van der Waals surface area contributed by atoms with Gasteiger partial charge in [0.1, 0.15) is 0 Å².